The number of rotatable bonds is 8. The molecule has 25 heavy (non-hydrogen) atoms. The number of carboxylic acid groups (broad SMARTS) is 1. The lowest BCUT2D eigenvalue weighted by atomic mass is 9.93. The summed E-state index contributed by atoms with van der Waals surface area (Å²) in [6.07, 6.45) is 0.136. The highest BCUT2D eigenvalue weighted by atomic mass is 16.4. The van der Waals surface area contributed by atoms with Gasteiger partial charge in [-0.15, -0.1) is 0 Å². The van der Waals surface area contributed by atoms with Crippen LogP contribution in [0.2, 0.25) is 0 Å². The minimum atomic E-state index is -1.62. The standard InChI is InChI=1S/C19H22N2O4/c1-13(16-9-5-6-10-20-16)12-21-18(23)17(22)15(19(24)25)11-14-7-3-2-4-8-14/h2-10,13,15,17,22H,11-12H2,1H3,(H,21,23)(H,24,25). The van der Waals surface area contributed by atoms with E-state index in [0.717, 1.165) is 11.3 Å². The molecule has 3 unspecified atom stereocenters. The lowest BCUT2D eigenvalue weighted by Gasteiger charge is -2.20. The van der Waals surface area contributed by atoms with Crippen molar-refractivity contribution in [2.75, 3.05) is 6.54 Å². The number of nitrogens with zero attached hydrogens (tertiary/aromatic N) is 1. The molecule has 1 amide bonds. The maximum Gasteiger partial charge on any atom is 0.310 e. The zero-order valence-electron chi connectivity index (χ0n) is 14.0. The van der Waals surface area contributed by atoms with Crippen LogP contribution in [0.5, 0.6) is 0 Å². The van der Waals surface area contributed by atoms with Gasteiger partial charge in [0.05, 0.1) is 5.92 Å². The van der Waals surface area contributed by atoms with Crippen LogP contribution in [-0.2, 0) is 16.0 Å². The van der Waals surface area contributed by atoms with E-state index in [4.69, 9.17) is 0 Å². The van der Waals surface area contributed by atoms with Crippen molar-refractivity contribution in [1.29, 1.82) is 0 Å². The number of carbonyl (C=O) groups is 2. The second-order valence-electron chi connectivity index (χ2n) is 5.98. The van der Waals surface area contributed by atoms with E-state index in [9.17, 15) is 19.8 Å². The van der Waals surface area contributed by atoms with E-state index in [1.54, 1.807) is 36.5 Å². The van der Waals surface area contributed by atoms with Gasteiger partial charge < -0.3 is 15.5 Å². The van der Waals surface area contributed by atoms with Crippen LogP contribution in [0.25, 0.3) is 0 Å². The SMILES string of the molecule is CC(CNC(=O)C(O)C(Cc1ccccc1)C(=O)O)c1ccccn1. The van der Waals surface area contributed by atoms with Crippen molar-refractivity contribution in [2.24, 2.45) is 5.92 Å². The summed E-state index contributed by atoms with van der Waals surface area (Å²) in [6, 6.07) is 14.4. The number of amides is 1. The van der Waals surface area contributed by atoms with Gasteiger partial charge in [0.1, 0.15) is 6.10 Å². The summed E-state index contributed by atoms with van der Waals surface area (Å²) in [6.45, 7) is 2.16. The van der Waals surface area contributed by atoms with Gasteiger partial charge in [0.2, 0.25) is 5.91 Å². The van der Waals surface area contributed by atoms with Crippen LogP contribution in [0.3, 0.4) is 0 Å². The lowest BCUT2D eigenvalue weighted by Crippen LogP contribution is -2.44. The topological polar surface area (TPSA) is 99.5 Å². The Bertz CT molecular complexity index is 691. The fraction of sp³-hybridized carbons (Fsp3) is 0.316. The number of benzene rings is 1. The molecule has 132 valence electrons. The van der Waals surface area contributed by atoms with Crippen LogP contribution in [0.4, 0.5) is 0 Å². The monoisotopic (exact) mass is 342 g/mol. The lowest BCUT2D eigenvalue weighted by molar-refractivity contribution is -0.151. The van der Waals surface area contributed by atoms with E-state index in [1.807, 2.05) is 25.1 Å². The minimum Gasteiger partial charge on any atom is -0.481 e. The Morgan fingerprint density at radius 2 is 1.80 bits per heavy atom. The maximum atomic E-state index is 12.2. The predicted octanol–water partition coefficient (Wildman–Crippen LogP) is 1.61. The molecule has 3 N–H and O–H groups in total. The van der Waals surface area contributed by atoms with Crippen molar-refractivity contribution in [3.63, 3.8) is 0 Å². The minimum absolute atomic E-state index is 0.0465. The van der Waals surface area contributed by atoms with E-state index in [2.05, 4.69) is 10.3 Å². The van der Waals surface area contributed by atoms with Gasteiger partial charge in [-0.2, -0.15) is 0 Å². The summed E-state index contributed by atoms with van der Waals surface area (Å²) in [5, 5.41) is 22.2. The number of hydrogen-bond donors (Lipinski definition) is 3. The zero-order chi connectivity index (χ0) is 18.2. The Labute approximate surface area is 146 Å². The van der Waals surface area contributed by atoms with Gasteiger partial charge in [-0.1, -0.05) is 43.3 Å². The molecule has 0 bridgehead atoms. The Hall–Kier alpha value is -2.73. The number of nitrogens with one attached hydrogen (secondary N) is 1. The molecule has 0 saturated carbocycles. The van der Waals surface area contributed by atoms with Gasteiger partial charge in [0.15, 0.2) is 0 Å². The zero-order valence-corrected chi connectivity index (χ0v) is 14.0. The predicted molar refractivity (Wildman–Crippen MR) is 92.9 cm³/mol. The highest BCUT2D eigenvalue weighted by molar-refractivity contribution is 5.86. The summed E-state index contributed by atoms with van der Waals surface area (Å²) in [5.74, 6) is -3.14. The van der Waals surface area contributed by atoms with Gasteiger partial charge in [0.25, 0.3) is 0 Å². The van der Waals surface area contributed by atoms with Crippen LogP contribution in [0.15, 0.2) is 54.7 Å². The molecule has 0 spiro atoms. The van der Waals surface area contributed by atoms with Crippen LogP contribution >= 0.6 is 0 Å². The summed E-state index contributed by atoms with van der Waals surface area (Å²) in [4.78, 5) is 27.8. The normalized spacial score (nSPS) is 14.3. The van der Waals surface area contributed by atoms with Crippen LogP contribution in [-0.4, -0.2) is 39.7 Å². The van der Waals surface area contributed by atoms with E-state index in [-0.39, 0.29) is 18.9 Å². The number of aliphatic carboxylic acids is 1. The molecule has 3 atom stereocenters. The molecule has 6 nitrogen and oxygen atoms in total. The number of aromatic nitrogens is 1. The van der Waals surface area contributed by atoms with Gasteiger partial charge in [-0.05, 0) is 24.1 Å². The van der Waals surface area contributed by atoms with Crippen LogP contribution in [0.1, 0.15) is 24.1 Å². The first kappa shape index (κ1) is 18.6. The molecule has 0 saturated heterocycles. The van der Waals surface area contributed by atoms with E-state index in [1.165, 1.54) is 0 Å². The van der Waals surface area contributed by atoms with Gasteiger partial charge in [0, 0.05) is 24.4 Å². The number of carboxylic acids is 1. The number of pyridine rings is 1. The molecule has 0 aliphatic rings. The van der Waals surface area contributed by atoms with Crippen molar-refractivity contribution in [1.82, 2.24) is 10.3 Å². The molecule has 1 aromatic carbocycles. The Morgan fingerprint density at radius 3 is 2.40 bits per heavy atom. The first-order valence-corrected chi connectivity index (χ1v) is 8.12. The highest BCUT2D eigenvalue weighted by Crippen LogP contribution is 2.15. The molecule has 2 rings (SSSR count). The second kappa shape index (κ2) is 8.94. The molecular formula is C19H22N2O4. The van der Waals surface area contributed by atoms with Crippen molar-refractivity contribution in [2.45, 2.75) is 25.4 Å². The Morgan fingerprint density at radius 1 is 1.12 bits per heavy atom. The number of aliphatic hydroxyl groups is 1. The van der Waals surface area contributed by atoms with Crippen LogP contribution < -0.4 is 5.32 Å². The number of carbonyl (C=O) groups excluding carboxylic acids is 1. The first-order valence-electron chi connectivity index (χ1n) is 8.12. The average Bonchev–Trinajstić information content (AvgIpc) is 2.64. The fourth-order valence-corrected chi connectivity index (χ4v) is 2.52. The van der Waals surface area contributed by atoms with Gasteiger partial charge in [-0.25, -0.2) is 0 Å². The molecule has 0 radical (unpaired) electrons. The molecule has 0 aliphatic heterocycles. The van der Waals surface area contributed by atoms with E-state index >= 15 is 0 Å². The molecular weight excluding hydrogens is 320 g/mol. The molecule has 0 aliphatic carbocycles. The van der Waals surface area contributed by atoms with Crippen molar-refractivity contribution >= 4 is 11.9 Å². The first-order chi connectivity index (χ1) is 12.0. The molecule has 1 aromatic heterocycles. The van der Waals surface area contributed by atoms with Crippen molar-refractivity contribution in [3.8, 4) is 0 Å². The fourth-order valence-electron chi connectivity index (χ4n) is 2.52. The maximum absolute atomic E-state index is 12.2. The number of aliphatic hydroxyl groups excluding tert-OH is 1. The molecule has 0 fully saturated rings. The quantitative estimate of drug-likeness (QED) is 0.677. The van der Waals surface area contributed by atoms with E-state index in [0.29, 0.717) is 0 Å². The third kappa shape index (κ3) is 5.39. The number of hydrogen-bond acceptors (Lipinski definition) is 4. The third-order valence-corrected chi connectivity index (χ3v) is 4.04. The summed E-state index contributed by atoms with van der Waals surface area (Å²) in [5.41, 5.74) is 1.57. The van der Waals surface area contributed by atoms with Crippen molar-refractivity contribution in [3.05, 3.63) is 66.0 Å². The summed E-state index contributed by atoms with van der Waals surface area (Å²) >= 11 is 0. The second-order valence-corrected chi connectivity index (χ2v) is 5.98. The van der Waals surface area contributed by atoms with Gasteiger partial charge in [-0.3, -0.25) is 14.6 Å². The van der Waals surface area contributed by atoms with Gasteiger partial charge >= 0.3 is 5.97 Å². The highest BCUT2D eigenvalue weighted by Gasteiger charge is 2.32. The third-order valence-electron chi connectivity index (χ3n) is 4.04. The van der Waals surface area contributed by atoms with Crippen molar-refractivity contribution < 1.29 is 19.8 Å². The molecule has 2 aromatic rings. The Balaban J connectivity index is 1.95. The average molecular weight is 342 g/mol. The summed E-state index contributed by atoms with van der Waals surface area (Å²) < 4.78 is 0. The Kier molecular flexibility index (Phi) is 6.65. The largest absolute Gasteiger partial charge is 0.481 e. The molecule has 1 heterocycles. The van der Waals surface area contributed by atoms with Crippen LogP contribution in [0, 0.1) is 5.92 Å². The van der Waals surface area contributed by atoms with E-state index < -0.39 is 23.9 Å². The molecule has 6 heteroatoms. The summed E-state index contributed by atoms with van der Waals surface area (Å²) in [7, 11) is 0. The smallest absolute Gasteiger partial charge is 0.310 e.